The zero-order valence-electron chi connectivity index (χ0n) is 9.01. The van der Waals surface area contributed by atoms with Crippen LogP contribution >= 0.6 is 0 Å². The van der Waals surface area contributed by atoms with Crippen molar-refractivity contribution in [3.8, 4) is 0 Å². The molecular weight excluding hydrogens is 172 g/mol. The summed E-state index contributed by atoms with van der Waals surface area (Å²) in [7, 11) is 0. The van der Waals surface area contributed by atoms with E-state index in [2.05, 4.69) is 32.0 Å². The molecule has 1 N–H and O–H groups in total. The van der Waals surface area contributed by atoms with E-state index in [4.69, 9.17) is 0 Å². The molecule has 2 rings (SSSR count). The quantitative estimate of drug-likeness (QED) is 0.759. The van der Waals surface area contributed by atoms with Crippen LogP contribution in [0.25, 0.3) is 0 Å². The second kappa shape index (κ2) is 3.39. The minimum Gasteiger partial charge on any atom is -0.396 e. The summed E-state index contributed by atoms with van der Waals surface area (Å²) in [4.78, 5) is 0. The summed E-state index contributed by atoms with van der Waals surface area (Å²) in [6.07, 6.45) is 3.17. The first-order chi connectivity index (χ1) is 6.67. The summed E-state index contributed by atoms with van der Waals surface area (Å²) in [5, 5.41) is 9.32. The zero-order valence-corrected chi connectivity index (χ0v) is 9.01. The lowest BCUT2D eigenvalue weighted by atomic mass is 9.88. The van der Waals surface area contributed by atoms with E-state index in [1.165, 1.54) is 16.7 Å². The molecule has 0 saturated heterocycles. The average molecular weight is 190 g/mol. The number of aryl methyl sites for hydroxylation is 1. The van der Waals surface area contributed by atoms with E-state index in [0.717, 1.165) is 19.3 Å². The zero-order chi connectivity index (χ0) is 10.2. The Morgan fingerprint density at radius 1 is 1.29 bits per heavy atom. The molecule has 76 valence electrons. The number of aliphatic hydroxyl groups is 1. The highest BCUT2D eigenvalue weighted by Crippen LogP contribution is 2.36. The van der Waals surface area contributed by atoms with Crippen LogP contribution in [0.5, 0.6) is 0 Å². The fourth-order valence-corrected chi connectivity index (χ4v) is 2.33. The van der Waals surface area contributed by atoms with Gasteiger partial charge < -0.3 is 5.11 Å². The number of hydrogen-bond acceptors (Lipinski definition) is 1. The highest BCUT2D eigenvalue weighted by molar-refractivity contribution is 5.37. The molecule has 1 nitrogen and oxygen atoms in total. The van der Waals surface area contributed by atoms with Crippen molar-refractivity contribution < 1.29 is 5.11 Å². The highest BCUT2D eigenvalue weighted by atomic mass is 16.3. The minimum absolute atomic E-state index is 0.0920. The number of aliphatic hydroxyl groups excluding tert-OH is 1. The SMILES string of the molecule is CCc1ccc2c(c1)CC(C)(CO)C2. The lowest BCUT2D eigenvalue weighted by molar-refractivity contribution is 0.152. The molecule has 0 heterocycles. The molecule has 0 bridgehead atoms. The molecule has 1 aromatic rings. The van der Waals surface area contributed by atoms with Gasteiger partial charge in [-0.15, -0.1) is 0 Å². The summed E-state index contributed by atoms with van der Waals surface area (Å²) >= 11 is 0. The maximum atomic E-state index is 9.32. The van der Waals surface area contributed by atoms with Crippen LogP contribution in [0.1, 0.15) is 30.5 Å². The maximum Gasteiger partial charge on any atom is 0.0491 e. The van der Waals surface area contributed by atoms with Crippen molar-refractivity contribution in [3.05, 3.63) is 34.9 Å². The number of rotatable bonds is 2. The van der Waals surface area contributed by atoms with Crippen molar-refractivity contribution in [3.63, 3.8) is 0 Å². The molecule has 0 aliphatic heterocycles. The van der Waals surface area contributed by atoms with Crippen molar-refractivity contribution in [2.75, 3.05) is 6.61 Å². The Morgan fingerprint density at radius 3 is 2.64 bits per heavy atom. The monoisotopic (exact) mass is 190 g/mol. The van der Waals surface area contributed by atoms with Gasteiger partial charge in [-0.1, -0.05) is 32.0 Å². The van der Waals surface area contributed by atoms with Crippen molar-refractivity contribution in [1.82, 2.24) is 0 Å². The van der Waals surface area contributed by atoms with Crippen molar-refractivity contribution in [1.29, 1.82) is 0 Å². The molecule has 0 radical (unpaired) electrons. The van der Waals surface area contributed by atoms with Gasteiger partial charge in [0.05, 0.1) is 0 Å². The van der Waals surface area contributed by atoms with Crippen LogP contribution in [0.4, 0.5) is 0 Å². The van der Waals surface area contributed by atoms with E-state index in [-0.39, 0.29) is 5.41 Å². The first-order valence-corrected chi connectivity index (χ1v) is 5.38. The van der Waals surface area contributed by atoms with E-state index in [1.807, 2.05) is 0 Å². The Bertz CT molecular complexity index is 343. The van der Waals surface area contributed by atoms with Crippen LogP contribution in [-0.4, -0.2) is 11.7 Å². The molecule has 0 spiro atoms. The normalized spacial score (nSPS) is 25.1. The second-order valence-electron chi connectivity index (χ2n) is 4.78. The fraction of sp³-hybridized carbons (Fsp3) is 0.538. The third-order valence-corrected chi connectivity index (χ3v) is 3.30. The standard InChI is InChI=1S/C13H18O/c1-3-10-4-5-11-7-13(2,9-14)8-12(11)6-10/h4-6,14H,3,7-9H2,1-2H3. The number of hydrogen-bond donors (Lipinski definition) is 1. The Labute approximate surface area is 85.8 Å². The van der Waals surface area contributed by atoms with Crippen LogP contribution in [-0.2, 0) is 19.3 Å². The van der Waals surface area contributed by atoms with Gasteiger partial charge in [-0.2, -0.15) is 0 Å². The van der Waals surface area contributed by atoms with Crippen LogP contribution in [0.2, 0.25) is 0 Å². The summed E-state index contributed by atoms with van der Waals surface area (Å²) in [5.41, 5.74) is 4.37. The van der Waals surface area contributed by atoms with Crippen LogP contribution in [0.15, 0.2) is 18.2 Å². The summed E-state index contributed by atoms with van der Waals surface area (Å²) < 4.78 is 0. The third kappa shape index (κ3) is 1.57. The first-order valence-electron chi connectivity index (χ1n) is 5.38. The van der Waals surface area contributed by atoms with Gasteiger partial charge in [0.15, 0.2) is 0 Å². The smallest absolute Gasteiger partial charge is 0.0491 e. The number of benzene rings is 1. The van der Waals surface area contributed by atoms with E-state index in [1.54, 1.807) is 0 Å². The van der Waals surface area contributed by atoms with E-state index in [9.17, 15) is 5.11 Å². The summed E-state index contributed by atoms with van der Waals surface area (Å²) in [6, 6.07) is 6.74. The van der Waals surface area contributed by atoms with Crippen LogP contribution in [0.3, 0.4) is 0 Å². The topological polar surface area (TPSA) is 20.2 Å². The molecule has 1 aromatic carbocycles. The molecule has 0 aromatic heterocycles. The van der Waals surface area contributed by atoms with Gasteiger partial charge in [0.1, 0.15) is 0 Å². The molecule has 1 unspecified atom stereocenters. The van der Waals surface area contributed by atoms with Crippen molar-refractivity contribution in [2.24, 2.45) is 5.41 Å². The van der Waals surface area contributed by atoms with Gasteiger partial charge in [0.2, 0.25) is 0 Å². The molecule has 1 aliphatic rings. The lowest BCUT2D eigenvalue weighted by Gasteiger charge is -2.19. The molecule has 0 amide bonds. The van der Waals surface area contributed by atoms with E-state index >= 15 is 0 Å². The lowest BCUT2D eigenvalue weighted by Crippen LogP contribution is -2.21. The van der Waals surface area contributed by atoms with E-state index in [0.29, 0.717) is 6.61 Å². The molecule has 0 fully saturated rings. The maximum absolute atomic E-state index is 9.32. The first kappa shape index (κ1) is 9.72. The Hall–Kier alpha value is -0.820. The second-order valence-corrected chi connectivity index (χ2v) is 4.78. The average Bonchev–Trinajstić information content (AvgIpc) is 2.54. The largest absolute Gasteiger partial charge is 0.396 e. The summed E-state index contributed by atoms with van der Waals surface area (Å²) in [6.45, 7) is 4.64. The molecule has 0 saturated carbocycles. The van der Waals surface area contributed by atoms with Gasteiger partial charge in [0, 0.05) is 6.61 Å². The Kier molecular flexibility index (Phi) is 2.36. The molecule has 1 aliphatic carbocycles. The van der Waals surface area contributed by atoms with Crippen molar-refractivity contribution >= 4 is 0 Å². The fourth-order valence-electron chi connectivity index (χ4n) is 2.33. The predicted octanol–water partition coefficient (Wildman–Crippen LogP) is 2.35. The van der Waals surface area contributed by atoms with Gasteiger partial charge >= 0.3 is 0 Å². The van der Waals surface area contributed by atoms with Gasteiger partial charge in [-0.25, -0.2) is 0 Å². The van der Waals surface area contributed by atoms with Gasteiger partial charge in [-0.3, -0.25) is 0 Å². The number of fused-ring (bicyclic) bond motifs is 1. The molecular formula is C13H18O. The summed E-state index contributed by atoms with van der Waals surface area (Å²) in [5.74, 6) is 0. The molecule has 14 heavy (non-hydrogen) atoms. The predicted molar refractivity (Wildman–Crippen MR) is 58.4 cm³/mol. The van der Waals surface area contributed by atoms with Crippen LogP contribution in [0, 0.1) is 5.41 Å². The third-order valence-electron chi connectivity index (χ3n) is 3.30. The molecule has 1 atom stereocenters. The minimum atomic E-state index is 0.0920. The Balaban J connectivity index is 2.31. The van der Waals surface area contributed by atoms with Gasteiger partial charge in [0.25, 0.3) is 0 Å². The van der Waals surface area contributed by atoms with Crippen LogP contribution < -0.4 is 0 Å². The van der Waals surface area contributed by atoms with Gasteiger partial charge in [-0.05, 0) is 41.4 Å². The molecule has 1 heteroatoms. The van der Waals surface area contributed by atoms with E-state index < -0.39 is 0 Å². The van der Waals surface area contributed by atoms with Crippen molar-refractivity contribution in [2.45, 2.75) is 33.1 Å². The Morgan fingerprint density at radius 2 is 2.00 bits per heavy atom. The highest BCUT2D eigenvalue weighted by Gasteiger charge is 2.31.